The minimum atomic E-state index is -0.211. The van der Waals surface area contributed by atoms with E-state index in [9.17, 15) is 4.79 Å². The van der Waals surface area contributed by atoms with Gasteiger partial charge < -0.3 is 10.1 Å². The average Bonchev–Trinajstić information content (AvgIpc) is 2.39. The van der Waals surface area contributed by atoms with E-state index in [1.165, 1.54) is 0 Å². The van der Waals surface area contributed by atoms with Gasteiger partial charge in [0.05, 0.1) is 11.9 Å². The quantitative estimate of drug-likeness (QED) is 0.801. The molecule has 1 aliphatic heterocycles. The molecule has 0 atom stereocenters. The number of rotatable bonds is 1. The van der Waals surface area contributed by atoms with Crippen LogP contribution in [0.1, 0.15) is 0 Å². The normalized spacial score (nSPS) is 13.5. The molecule has 84 valence electrons. The highest BCUT2D eigenvalue weighted by Crippen LogP contribution is 2.26. The van der Waals surface area contributed by atoms with E-state index < -0.39 is 0 Å². The molecule has 5 nitrogen and oxygen atoms in total. The van der Waals surface area contributed by atoms with Crippen LogP contribution in [-0.4, -0.2) is 22.5 Å². The minimum absolute atomic E-state index is 0.00758. The Hall–Kier alpha value is -2.43. The van der Waals surface area contributed by atoms with Gasteiger partial charge in [-0.05, 0) is 0 Å². The maximum Gasteiger partial charge on any atom is 0.263 e. The van der Waals surface area contributed by atoms with E-state index in [4.69, 9.17) is 4.74 Å². The monoisotopic (exact) mass is 227 g/mol. The van der Waals surface area contributed by atoms with E-state index in [2.05, 4.69) is 15.3 Å². The summed E-state index contributed by atoms with van der Waals surface area (Å²) in [6.07, 6.45) is 1.63. The Bertz CT molecular complexity index is 569. The maximum atomic E-state index is 11.2. The molecule has 0 saturated heterocycles. The first-order valence-corrected chi connectivity index (χ1v) is 5.18. The van der Waals surface area contributed by atoms with Crippen molar-refractivity contribution in [3.63, 3.8) is 0 Å². The number of aromatic nitrogens is 2. The third-order valence-electron chi connectivity index (χ3n) is 2.41. The van der Waals surface area contributed by atoms with Crippen molar-refractivity contribution in [2.24, 2.45) is 0 Å². The van der Waals surface area contributed by atoms with Crippen molar-refractivity contribution in [1.82, 2.24) is 9.97 Å². The second-order valence-electron chi connectivity index (χ2n) is 3.61. The van der Waals surface area contributed by atoms with Gasteiger partial charge in [-0.25, -0.2) is 9.97 Å². The van der Waals surface area contributed by atoms with Crippen molar-refractivity contribution in [2.45, 2.75) is 0 Å². The third-order valence-corrected chi connectivity index (χ3v) is 2.41. The number of nitrogens with one attached hydrogen (secondary N) is 1. The molecule has 0 aliphatic carbocycles. The summed E-state index contributed by atoms with van der Waals surface area (Å²) in [5.74, 6) is 0.531. The van der Waals surface area contributed by atoms with Gasteiger partial charge in [0.25, 0.3) is 11.8 Å². The molecule has 1 aliphatic rings. The highest BCUT2D eigenvalue weighted by molar-refractivity contribution is 5.94. The summed E-state index contributed by atoms with van der Waals surface area (Å²) < 4.78 is 5.14. The lowest BCUT2D eigenvalue weighted by molar-refractivity contribution is -0.118. The van der Waals surface area contributed by atoms with Gasteiger partial charge in [0.2, 0.25) is 0 Å². The number of nitrogens with zero attached hydrogens (tertiary/aromatic N) is 2. The van der Waals surface area contributed by atoms with Gasteiger partial charge in [0.1, 0.15) is 0 Å². The topological polar surface area (TPSA) is 64.1 Å². The minimum Gasteiger partial charge on any atom is -0.465 e. The fraction of sp³-hybridized carbons (Fsp3) is 0.0833. The summed E-state index contributed by atoms with van der Waals surface area (Å²) in [5.41, 5.74) is 1.65. The molecule has 0 fully saturated rings. The number of carbonyl (C=O) groups is 1. The Balaban J connectivity index is 2.04. The van der Waals surface area contributed by atoms with Crippen LogP contribution in [0.25, 0.3) is 11.3 Å². The van der Waals surface area contributed by atoms with Gasteiger partial charge >= 0.3 is 0 Å². The van der Waals surface area contributed by atoms with Crippen molar-refractivity contribution in [3.05, 3.63) is 36.5 Å². The van der Waals surface area contributed by atoms with E-state index in [-0.39, 0.29) is 12.5 Å². The predicted octanol–water partition coefficient (Wildman–Crippen LogP) is 1.47. The molecule has 0 spiro atoms. The van der Waals surface area contributed by atoms with Crippen molar-refractivity contribution in [3.8, 4) is 17.1 Å². The first-order valence-electron chi connectivity index (χ1n) is 5.18. The van der Waals surface area contributed by atoms with Crippen LogP contribution in [0.3, 0.4) is 0 Å². The molecule has 0 saturated carbocycles. The molecule has 2 heterocycles. The lowest BCUT2D eigenvalue weighted by Gasteiger charge is -2.16. The smallest absolute Gasteiger partial charge is 0.263 e. The highest BCUT2D eigenvalue weighted by atomic mass is 16.5. The van der Waals surface area contributed by atoms with Crippen LogP contribution in [0.5, 0.6) is 5.88 Å². The molecule has 5 heteroatoms. The van der Waals surface area contributed by atoms with Crippen LogP contribution >= 0.6 is 0 Å². The predicted molar refractivity (Wildman–Crippen MR) is 61.6 cm³/mol. The largest absolute Gasteiger partial charge is 0.465 e. The Morgan fingerprint density at radius 3 is 2.88 bits per heavy atom. The lowest BCUT2D eigenvalue weighted by Crippen LogP contribution is -2.26. The van der Waals surface area contributed by atoms with Gasteiger partial charge in [-0.2, -0.15) is 0 Å². The first-order chi connectivity index (χ1) is 8.33. The standard InChI is InChI=1S/C12H9N3O2/c16-10-7-17-12-11(15-10)14-9(6-13-12)8-4-2-1-3-5-8/h1-6H,7H2,(H,14,15,16). The fourth-order valence-corrected chi connectivity index (χ4v) is 1.62. The number of hydrogen-bond donors (Lipinski definition) is 1. The van der Waals surface area contributed by atoms with Gasteiger partial charge in [0.15, 0.2) is 12.4 Å². The fourth-order valence-electron chi connectivity index (χ4n) is 1.62. The average molecular weight is 227 g/mol. The molecular weight excluding hydrogens is 218 g/mol. The van der Waals surface area contributed by atoms with Crippen LogP contribution in [0.2, 0.25) is 0 Å². The molecule has 17 heavy (non-hydrogen) atoms. The molecule has 1 amide bonds. The molecule has 1 aromatic heterocycles. The zero-order valence-electron chi connectivity index (χ0n) is 8.88. The first kappa shape index (κ1) is 9.77. The van der Waals surface area contributed by atoms with Crippen molar-refractivity contribution < 1.29 is 9.53 Å². The molecule has 0 bridgehead atoms. The van der Waals surface area contributed by atoms with E-state index >= 15 is 0 Å². The third kappa shape index (κ3) is 1.82. The van der Waals surface area contributed by atoms with E-state index in [1.807, 2.05) is 30.3 Å². The summed E-state index contributed by atoms with van der Waals surface area (Å²) in [6, 6.07) is 9.64. The number of carbonyl (C=O) groups excluding carboxylic acids is 1. The van der Waals surface area contributed by atoms with E-state index in [1.54, 1.807) is 6.20 Å². The number of fused-ring (bicyclic) bond motifs is 1. The Labute approximate surface area is 97.5 Å². The molecule has 1 N–H and O–H groups in total. The summed E-state index contributed by atoms with van der Waals surface area (Å²) in [7, 11) is 0. The Morgan fingerprint density at radius 1 is 1.24 bits per heavy atom. The molecule has 1 aromatic carbocycles. The van der Waals surface area contributed by atoms with Crippen molar-refractivity contribution in [2.75, 3.05) is 11.9 Å². The SMILES string of the molecule is O=C1COc2ncc(-c3ccccc3)nc2N1. The van der Waals surface area contributed by atoms with Crippen LogP contribution < -0.4 is 10.1 Å². The van der Waals surface area contributed by atoms with Gasteiger partial charge in [0, 0.05) is 5.56 Å². The zero-order valence-corrected chi connectivity index (χ0v) is 8.88. The number of anilines is 1. The second kappa shape index (κ2) is 3.86. The highest BCUT2D eigenvalue weighted by Gasteiger charge is 2.19. The second-order valence-corrected chi connectivity index (χ2v) is 3.61. The number of amides is 1. The number of hydrogen-bond acceptors (Lipinski definition) is 4. The maximum absolute atomic E-state index is 11.2. The van der Waals surface area contributed by atoms with E-state index in [0.717, 1.165) is 5.56 Å². The van der Waals surface area contributed by atoms with Crippen LogP contribution in [0, 0.1) is 0 Å². The van der Waals surface area contributed by atoms with Gasteiger partial charge in [-0.3, -0.25) is 4.79 Å². The zero-order chi connectivity index (χ0) is 11.7. The number of benzene rings is 1. The Morgan fingerprint density at radius 2 is 2.06 bits per heavy atom. The molecule has 0 unspecified atom stereocenters. The van der Waals surface area contributed by atoms with Crippen molar-refractivity contribution >= 4 is 11.7 Å². The lowest BCUT2D eigenvalue weighted by atomic mass is 10.2. The number of ether oxygens (including phenoxy) is 1. The molecule has 2 aromatic rings. The Kier molecular flexibility index (Phi) is 2.22. The van der Waals surface area contributed by atoms with E-state index in [0.29, 0.717) is 17.4 Å². The molecular formula is C12H9N3O2. The van der Waals surface area contributed by atoms with Gasteiger partial charge in [-0.1, -0.05) is 30.3 Å². The van der Waals surface area contributed by atoms with Crippen molar-refractivity contribution in [1.29, 1.82) is 0 Å². The molecule has 0 radical (unpaired) electrons. The molecule has 3 rings (SSSR count). The van der Waals surface area contributed by atoms with Gasteiger partial charge in [-0.15, -0.1) is 0 Å². The van der Waals surface area contributed by atoms with Crippen LogP contribution in [-0.2, 0) is 4.79 Å². The van der Waals surface area contributed by atoms with Crippen LogP contribution in [0.4, 0.5) is 5.82 Å². The summed E-state index contributed by atoms with van der Waals surface area (Å²) in [5, 5.41) is 2.63. The summed E-state index contributed by atoms with van der Waals surface area (Å²) in [6.45, 7) is -0.00758. The van der Waals surface area contributed by atoms with Crippen LogP contribution in [0.15, 0.2) is 36.5 Å². The summed E-state index contributed by atoms with van der Waals surface area (Å²) in [4.78, 5) is 19.6. The summed E-state index contributed by atoms with van der Waals surface area (Å²) >= 11 is 0.